The van der Waals surface area contributed by atoms with E-state index in [9.17, 15) is 18.4 Å². The SMILES string of the molecule is C=CC(=O)N1CCc2nn(-c3ccc(C4CC4)cc3)c3c2C(C1)N(C(=O)c1ccc(C(F)F)nc1)CC3. The van der Waals surface area contributed by atoms with E-state index in [1.54, 1.807) is 9.80 Å². The van der Waals surface area contributed by atoms with Crippen molar-refractivity contribution >= 4 is 11.8 Å². The predicted molar refractivity (Wildman–Crippen MR) is 133 cm³/mol. The van der Waals surface area contributed by atoms with Gasteiger partial charge in [-0.05, 0) is 54.7 Å². The Bertz CT molecular complexity index is 1360. The van der Waals surface area contributed by atoms with E-state index in [2.05, 4.69) is 35.8 Å². The summed E-state index contributed by atoms with van der Waals surface area (Å²) in [5.41, 5.74) is 5.09. The Morgan fingerprint density at radius 1 is 1.05 bits per heavy atom. The van der Waals surface area contributed by atoms with E-state index in [0.29, 0.717) is 38.4 Å². The van der Waals surface area contributed by atoms with Crippen LogP contribution < -0.4 is 0 Å². The Morgan fingerprint density at radius 3 is 2.49 bits per heavy atom. The molecule has 4 heterocycles. The first kappa shape index (κ1) is 23.5. The normalized spacial score (nSPS) is 18.9. The van der Waals surface area contributed by atoms with Gasteiger partial charge in [-0.1, -0.05) is 18.7 Å². The number of halogens is 2. The van der Waals surface area contributed by atoms with Crippen LogP contribution in [0.4, 0.5) is 8.78 Å². The lowest BCUT2D eigenvalue weighted by molar-refractivity contribution is -0.126. The molecule has 0 saturated heterocycles. The van der Waals surface area contributed by atoms with Crippen LogP contribution >= 0.6 is 0 Å². The summed E-state index contributed by atoms with van der Waals surface area (Å²) in [7, 11) is 0. The summed E-state index contributed by atoms with van der Waals surface area (Å²) in [6.45, 7) is 4.82. The zero-order valence-electron chi connectivity index (χ0n) is 20.3. The summed E-state index contributed by atoms with van der Waals surface area (Å²) in [6, 6.07) is 10.7. The molecule has 2 amide bonds. The molecule has 2 aliphatic heterocycles. The fraction of sp³-hybridized carbons (Fsp3) is 0.357. The van der Waals surface area contributed by atoms with Crippen LogP contribution in [0.15, 0.2) is 55.3 Å². The highest BCUT2D eigenvalue weighted by molar-refractivity contribution is 5.94. The topological polar surface area (TPSA) is 71.3 Å². The van der Waals surface area contributed by atoms with Crippen molar-refractivity contribution in [1.82, 2.24) is 24.6 Å². The van der Waals surface area contributed by atoms with Gasteiger partial charge >= 0.3 is 0 Å². The van der Waals surface area contributed by atoms with Crippen LogP contribution in [0.5, 0.6) is 0 Å². The minimum absolute atomic E-state index is 0.198. The second-order valence-corrected chi connectivity index (χ2v) is 9.86. The van der Waals surface area contributed by atoms with Crippen molar-refractivity contribution in [1.29, 1.82) is 0 Å². The average molecular weight is 504 g/mol. The van der Waals surface area contributed by atoms with Crippen molar-refractivity contribution in [2.45, 2.75) is 44.1 Å². The molecule has 190 valence electrons. The maximum Gasteiger partial charge on any atom is 0.280 e. The molecule has 0 bridgehead atoms. The van der Waals surface area contributed by atoms with Gasteiger partial charge in [0, 0.05) is 44.2 Å². The van der Waals surface area contributed by atoms with Crippen LogP contribution in [0.25, 0.3) is 5.69 Å². The van der Waals surface area contributed by atoms with Gasteiger partial charge in [0.25, 0.3) is 12.3 Å². The Labute approximate surface area is 213 Å². The number of carbonyl (C=O) groups is 2. The third-order valence-electron chi connectivity index (χ3n) is 7.60. The molecule has 0 spiro atoms. The number of carbonyl (C=O) groups excluding carboxylic acids is 2. The Kier molecular flexibility index (Phi) is 5.85. The van der Waals surface area contributed by atoms with Crippen LogP contribution in [0, 0.1) is 0 Å². The number of benzene rings is 1. The van der Waals surface area contributed by atoms with Crippen molar-refractivity contribution in [2.75, 3.05) is 19.6 Å². The zero-order valence-corrected chi connectivity index (χ0v) is 20.3. The van der Waals surface area contributed by atoms with E-state index >= 15 is 0 Å². The summed E-state index contributed by atoms with van der Waals surface area (Å²) >= 11 is 0. The van der Waals surface area contributed by atoms with Gasteiger partial charge in [-0.2, -0.15) is 5.10 Å². The lowest BCUT2D eigenvalue weighted by Crippen LogP contribution is -2.45. The van der Waals surface area contributed by atoms with Crippen molar-refractivity contribution < 1.29 is 18.4 Å². The first-order chi connectivity index (χ1) is 17.9. The van der Waals surface area contributed by atoms with Gasteiger partial charge in [0.1, 0.15) is 5.69 Å². The lowest BCUT2D eigenvalue weighted by Gasteiger charge is -2.37. The van der Waals surface area contributed by atoms with Crippen molar-refractivity contribution in [3.05, 3.63) is 89.0 Å². The highest BCUT2D eigenvalue weighted by Gasteiger charge is 2.40. The third-order valence-corrected chi connectivity index (χ3v) is 7.60. The van der Waals surface area contributed by atoms with Gasteiger partial charge in [-0.3, -0.25) is 14.6 Å². The first-order valence-corrected chi connectivity index (χ1v) is 12.6. The standard InChI is InChI=1S/C28H27F2N5O2/c1-2-25(36)33-13-11-21-26-23(35(32-21)20-8-5-18(6-9-20)17-3-4-17)12-14-34(24(26)16-33)28(37)19-7-10-22(27(29)30)31-15-19/h2,5-10,15,17,24,27H,1,3-4,11-14,16H2. The molecule has 1 unspecified atom stereocenters. The number of hydrogen-bond donors (Lipinski definition) is 0. The van der Waals surface area contributed by atoms with Gasteiger partial charge in [0.2, 0.25) is 5.91 Å². The van der Waals surface area contributed by atoms with E-state index in [0.717, 1.165) is 22.6 Å². The molecule has 7 nitrogen and oxygen atoms in total. The Hall–Kier alpha value is -3.88. The largest absolute Gasteiger partial charge is 0.336 e. The fourth-order valence-electron chi connectivity index (χ4n) is 5.51. The van der Waals surface area contributed by atoms with E-state index in [-0.39, 0.29) is 23.1 Å². The molecule has 1 saturated carbocycles. The van der Waals surface area contributed by atoms with Gasteiger partial charge in [0.15, 0.2) is 0 Å². The maximum atomic E-state index is 13.6. The highest BCUT2D eigenvalue weighted by atomic mass is 19.3. The third kappa shape index (κ3) is 4.22. The molecule has 3 aliphatic rings. The molecule has 6 rings (SSSR count). The number of nitrogens with zero attached hydrogens (tertiary/aromatic N) is 5. The monoisotopic (exact) mass is 503 g/mol. The van der Waals surface area contributed by atoms with E-state index < -0.39 is 12.5 Å². The summed E-state index contributed by atoms with van der Waals surface area (Å²) in [4.78, 5) is 33.4. The Balaban J connectivity index is 1.38. The number of rotatable bonds is 5. The van der Waals surface area contributed by atoms with Gasteiger partial charge in [-0.15, -0.1) is 0 Å². The molecule has 1 atom stereocenters. The molecular formula is C28H27F2N5O2. The zero-order chi connectivity index (χ0) is 25.7. The van der Waals surface area contributed by atoms with Gasteiger partial charge < -0.3 is 9.80 Å². The van der Waals surface area contributed by atoms with Gasteiger partial charge in [0.05, 0.1) is 28.7 Å². The number of hydrogen-bond acceptors (Lipinski definition) is 4. The number of amides is 2. The van der Waals surface area contributed by atoms with Crippen LogP contribution in [0.1, 0.15) is 69.8 Å². The summed E-state index contributed by atoms with van der Waals surface area (Å²) in [6.07, 6.45) is 3.43. The second-order valence-electron chi connectivity index (χ2n) is 9.86. The van der Waals surface area contributed by atoms with E-state index in [1.807, 2.05) is 4.68 Å². The molecule has 3 aromatic rings. The molecule has 2 aromatic heterocycles. The number of alkyl halides is 2. The van der Waals surface area contributed by atoms with Crippen molar-refractivity contribution in [2.24, 2.45) is 0 Å². The number of aromatic nitrogens is 3. The second kappa shape index (κ2) is 9.21. The minimum atomic E-state index is -2.70. The lowest BCUT2D eigenvalue weighted by atomic mass is 9.95. The van der Waals surface area contributed by atoms with Crippen molar-refractivity contribution in [3.63, 3.8) is 0 Å². The highest BCUT2D eigenvalue weighted by Crippen LogP contribution is 2.41. The van der Waals surface area contributed by atoms with Crippen molar-refractivity contribution in [3.8, 4) is 5.69 Å². The van der Waals surface area contributed by atoms with Gasteiger partial charge in [-0.25, -0.2) is 13.5 Å². The number of pyridine rings is 1. The minimum Gasteiger partial charge on any atom is -0.336 e. The Morgan fingerprint density at radius 2 is 1.84 bits per heavy atom. The molecule has 37 heavy (non-hydrogen) atoms. The average Bonchev–Trinajstić information content (AvgIpc) is 3.73. The van der Waals surface area contributed by atoms with Crippen LogP contribution in [-0.2, 0) is 17.6 Å². The maximum absolute atomic E-state index is 13.6. The van der Waals surface area contributed by atoms with Crippen LogP contribution in [-0.4, -0.2) is 56.0 Å². The molecule has 1 fully saturated rings. The van der Waals surface area contributed by atoms with E-state index in [1.165, 1.54) is 42.8 Å². The molecule has 1 aliphatic carbocycles. The predicted octanol–water partition coefficient (Wildman–Crippen LogP) is 4.39. The summed E-state index contributed by atoms with van der Waals surface area (Å²) < 4.78 is 27.9. The van der Waals surface area contributed by atoms with Crippen LogP contribution in [0.2, 0.25) is 0 Å². The molecule has 0 radical (unpaired) electrons. The van der Waals surface area contributed by atoms with Crippen LogP contribution in [0.3, 0.4) is 0 Å². The quantitative estimate of drug-likeness (QED) is 0.484. The van der Waals surface area contributed by atoms with E-state index in [4.69, 9.17) is 5.10 Å². The summed E-state index contributed by atoms with van der Waals surface area (Å²) in [5, 5.41) is 4.97. The summed E-state index contributed by atoms with van der Waals surface area (Å²) in [5.74, 6) is 0.170. The smallest absolute Gasteiger partial charge is 0.280 e. The molecule has 0 N–H and O–H groups in total. The fourth-order valence-corrected chi connectivity index (χ4v) is 5.51. The molecular weight excluding hydrogens is 476 g/mol. The molecule has 9 heteroatoms. The molecule has 1 aromatic carbocycles. The first-order valence-electron chi connectivity index (χ1n) is 12.6.